The van der Waals surface area contributed by atoms with Crippen LogP contribution in [0.5, 0.6) is 0 Å². The first-order valence-corrected chi connectivity index (χ1v) is 10.3. The van der Waals surface area contributed by atoms with Gasteiger partial charge in [-0.15, -0.1) is 0 Å². The lowest BCUT2D eigenvalue weighted by atomic mass is 9.99. The Bertz CT molecular complexity index is 1150. The fourth-order valence-electron chi connectivity index (χ4n) is 4.04. The minimum Gasteiger partial charge on any atom is -0.394 e. The van der Waals surface area contributed by atoms with Gasteiger partial charge in [-0.2, -0.15) is 0 Å². The molecule has 4 N–H and O–H groups in total. The second kappa shape index (κ2) is 8.64. The lowest BCUT2D eigenvalue weighted by molar-refractivity contribution is -0.0511. The van der Waals surface area contributed by atoms with E-state index in [9.17, 15) is 15.3 Å². The van der Waals surface area contributed by atoms with Crippen molar-refractivity contribution in [3.8, 4) is 0 Å². The second-order valence-electron chi connectivity index (χ2n) is 7.67. The summed E-state index contributed by atoms with van der Waals surface area (Å²) in [6, 6.07) is 19.9. The Balaban J connectivity index is 1.52. The molecule has 0 saturated carbocycles. The third-order valence-electron chi connectivity index (χ3n) is 5.70. The van der Waals surface area contributed by atoms with Gasteiger partial charge in [0.05, 0.1) is 19.0 Å². The van der Waals surface area contributed by atoms with Crippen LogP contribution in [0.15, 0.2) is 73.3 Å². The first-order chi connectivity index (χ1) is 15.7. The fraction of sp³-hybridized carbons (Fsp3) is 0.261. The van der Waals surface area contributed by atoms with Gasteiger partial charge in [0.1, 0.15) is 24.6 Å². The molecular weight excluding hydrogens is 410 g/mol. The van der Waals surface area contributed by atoms with Crippen LogP contribution in [0.3, 0.4) is 0 Å². The lowest BCUT2D eigenvalue weighted by Gasteiger charge is -2.21. The monoisotopic (exact) mass is 433 g/mol. The normalized spacial score (nSPS) is 23.1. The summed E-state index contributed by atoms with van der Waals surface area (Å²) in [5, 5.41) is 33.4. The largest absolute Gasteiger partial charge is 0.394 e. The summed E-state index contributed by atoms with van der Waals surface area (Å²) in [6.07, 6.45) is -1.33. The number of hydrogen-bond acceptors (Lipinski definition) is 8. The Morgan fingerprint density at radius 1 is 0.906 bits per heavy atom. The molecule has 1 saturated heterocycles. The zero-order valence-electron chi connectivity index (χ0n) is 17.1. The van der Waals surface area contributed by atoms with Crippen LogP contribution in [0.25, 0.3) is 11.2 Å². The second-order valence-corrected chi connectivity index (χ2v) is 7.67. The molecule has 1 aliphatic rings. The van der Waals surface area contributed by atoms with Crippen molar-refractivity contribution in [2.24, 2.45) is 0 Å². The van der Waals surface area contributed by atoms with Crippen LogP contribution < -0.4 is 5.32 Å². The molecule has 0 radical (unpaired) electrons. The maximum atomic E-state index is 10.4. The molecule has 9 nitrogen and oxygen atoms in total. The molecule has 1 aliphatic heterocycles. The van der Waals surface area contributed by atoms with Crippen molar-refractivity contribution in [1.82, 2.24) is 19.5 Å². The average Bonchev–Trinajstić information content (AvgIpc) is 3.40. The van der Waals surface area contributed by atoms with Crippen molar-refractivity contribution < 1.29 is 20.1 Å². The quantitative estimate of drug-likeness (QED) is 0.362. The Morgan fingerprint density at radius 3 is 2.16 bits per heavy atom. The minimum atomic E-state index is -1.22. The molecule has 32 heavy (non-hydrogen) atoms. The summed E-state index contributed by atoms with van der Waals surface area (Å²) < 4.78 is 7.19. The van der Waals surface area contributed by atoms with Gasteiger partial charge in [0.25, 0.3) is 0 Å². The lowest BCUT2D eigenvalue weighted by Crippen LogP contribution is -2.33. The van der Waals surface area contributed by atoms with Crippen LogP contribution in [-0.4, -0.2) is 59.8 Å². The van der Waals surface area contributed by atoms with Crippen molar-refractivity contribution in [3.05, 3.63) is 84.4 Å². The highest BCUT2D eigenvalue weighted by Gasteiger charge is 2.44. The standard InChI is InChI=1S/C23H23N5O4/c29-11-16-19(30)20(31)23(32-16)28-13-26-18-21(24-12-25-22(18)28)27-17(14-7-3-1-4-8-14)15-9-5-2-6-10-15/h1-10,12-13,16-17,19-20,23,29-31H,11H2,(H,24,25,27)/t16-,19?,20?,23-/m1/s1. The number of imidazole rings is 1. The van der Waals surface area contributed by atoms with E-state index in [0.717, 1.165) is 11.1 Å². The predicted octanol–water partition coefficient (Wildman–Crippen LogP) is 1.64. The number of aromatic nitrogens is 4. The molecule has 164 valence electrons. The molecule has 5 rings (SSSR count). The van der Waals surface area contributed by atoms with Gasteiger partial charge in [0, 0.05) is 0 Å². The van der Waals surface area contributed by atoms with Gasteiger partial charge >= 0.3 is 0 Å². The van der Waals surface area contributed by atoms with Crippen LogP contribution in [0.4, 0.5) is 5.82 Å². The van der Waals surface area contributed by atoms with Crippen LogP contribution in [-0.2, 0) is 4.74 Å². The van der Waals surface area contributed by atoms with Crippen molar-refractivity contribution >= 4 is 17.0 Å². The summed E-state index contributed by atoms with van der Waals surface area (Å²) >= 11 is 0. The minimum absolute atomic E-state index is 0.172. The summed E-state index contributed by atoms with van der Waals surface area (Å²) in [5.41, 5.74) is 3.07. The van der Waals surface area contributed by atoms with Gasteiger partial charge in [-0.1, -0.05) is 60.7 Å². The number of benzene rings is 2. The molecule has 0 spiro atoms. The molecular formula is C23H23N5O4. The fourth-order valence-corrected chi connectivity index (χ4v) is 4.04. The number of ether oxygens (including phenoxy) is 1. The Kier molecular flexibility index (Phi) is 5.54. The highest BCUT2D eigenvalue weighted by atomic mass is 16.6. The van der Waals surface area contributed by atoms with E-state index in [2.05, 4.69) is 20.3 Å². The Labute approximate surface area is 184 Å². The number of aliphatic hydroxyl groups excluding tert-OH is 3. The molecule has 2 unspecified atom stereocenters. The van der Waals surface area contributed by atoms with Crippen molar-refractivity contribution in [2.45, 2.75) is 30.6 Å². The number of nitrogens with zero attached hydrogens (tertiary/aromatic N) is 4. The third-order valence-corrected chi connectivity index (χ3v) is 5.70. The highest BCUT2D eigenvalue weighted by molar-refractivity contribution is 5.83. The van der Waals surface area contributed by atoms with Crippen molar-refractivity contribution in [3.63, 3.8) is 0 Å². The summed E-state index contributed by atoms with van der Waals surface area (Å²) in [5.74, 6) is 0.526. The smallest absolute Gasteiger partial charge is 0.167 e. The molecule has 0 bridgehead atoms. The zero-order valence-corrected chi connectivity index (χ0v) is 17.1. The number of rotatable bonds is 6. The van der Waals surface area contributed by atoms with Crippen LogP contribution >= 0.6 is 0 Å². The van der Waals surface area contributed by atoms with Gasteiger partial charge in [0.15, 0.2) is 23.2 Å². The van der Waals surface area contributed by atoms with Gasteiger partial charge in [-0.05, 0) is 11.1 Å². The first-order valence-electron chi connectivity index (χ1n) is 10.3. The van der Waals surface area contributed by atoms with E-state index in [1.807, 2.05) is 60.7 Å². The SMILES string of the molecule is OC[C@H]1O[C@@H](n2cnc3c(NC(c4ccccc4)c4ccccc4)ncnc32)C(O)C1O. The molecule has 9 heteroatoms. The topological polar surface area (TPSA) is 126 Å². The van der Waals surface area contributed by atoms with Gasteiger partial charge in [-0.3, -0.25) is 4.57 Å². The zero-order chi connectivity index (χ0) is 22.1. The molecule has 4 atom stereocenters. The first kappa shape index (κ1) is 20.5. The molecule has 2 aromatic carbocycles. The van der Waals surface area contributed by atoms with Gasteiger partial charge in [-0.25, -0.2) is 15.0 Å². The van der Waals surface area contributed by atoms with Crippen LogP contribution in [0.2, 0.25) is 0 Å². The number of hydrogen-bond donors (Lipinski definition) is 4. The molecule has 1 fully saturated rings. The molecule has 3 heterocycles. The number of aliphatic hydroxyl groups is 3. The van der Waals surface area contributed by atoms with Crippen LogP contribution in [0, 0.1) is 0 Å². The van der Waals surface area contributed by atoms with E-state index in [1.54, 1.807) is 4.57 Å². The van der Waals surface area contributed by atoms with E-state index in [4.69, 9.17) is 4.74 Å². The van der Waals surface area contributed by atoms with Crippen molar-refractivity contribution in [2.75, 3.05) is 11.9 Å². The van der Waals surface area contributed by atoms with E-state index < -0.39 is 31.1 Å². The van der Waals surface area contributed by atoms with Gasteiger partial charge < -0.3 is 25.4 Å². The average molecular weight is 433 g/mol. The van der Waals surface area contributed by atoms with Gasteiger partial charge in [0.2, 0.25) is 0 Å². The van der Waals surface area contributed by atoms with E-state index in [1.165, 1.54) is 12.7 Å². The maximum absolute atomic E-state index is 10.4. The molecule has 0 aliphatic carbocycles. The maximum Gasteiger partial charge on any atom is 0.167 e. The van der Waals surface area contributed by atoms with E-state index in [0.29, 0.717) is 17.0 Å². The summed E-state index contributed by atoms with van der Waals surface area (Å²) in [7, 11) is 0. The third kappa shape index (κ3) is 3.61. The molecule has 0 amide bonds. The molecule has 2 aromatic heterocycles. The van der Waals surface area contributed by atoms with E-state index in [-0.39, 0.29) is 6.04 Å². The van der Waals surface area contributed by atoms with E-state index >= 15 is 0 Å². The Morgan fingerprint density at radius 2 is 1.56 bits per heavy atom. The number of anilines is 1. The highest BCUT2D eigenvalue weighted by Crippen LogP contribution is 2.33. The Hall–Kier alpha value is -3.37. The summed E-state index contributed by atoms with van der Waals surface area (Å²) in [6.45, 7) is -0.404. The summed E-state index contributed by atoms with van der Waals surface area (Å²) in [4.78, 5) is 13.2. The number of fused-ring (bicyclic) bond motifs is 1. The molecule has 4 aromatic rings. The predicted molar refractivity (Wildman–Crippen MR) is 117 cm³/mol. The van der Waals surface area contributed by atoms with Crippen LogP contribution in [0.1, 0.15) is 23.4 Å². The number of nitrogens with one attached hydrogen (secondary N) is 1. The van der Waals surface area contributed by atoms with Crippen molar-refractivity contribution in [1.29, 1.82) is 0 Å².